The molecule has 8 nitrogen and oxygen atoms in total. The zero-order valence-electron chi connectivity index (χ0n) is 19.0. The van der Waals surface area contributed by atoms with Crippen LogP contribution in [0.1, 0.15) is 30.6 Å². The predicted octanol–water partition coefficient (Wildman–Crippen LogP) is 4.05. The molecule has 0 radical (unpaired) electrons. The predicted molar refractivity (Wildman–Crippen MR) is 127 cm³/mol. The molecule has 0 aliphatic carbocycles. The highest BCUT2D eigenvalue weighted by atomic mass is 35.5. The SMILES string of the molecule is COc1cc(C(=O)Nc2cccc(S(=O)(=O)N3CCOCC3)c2)cc(Cl)c1OCCC(C)C. The third-order valence-corrected chi connectivity index (χ3v) is 7.31. The Morgan fingerprint density at radius 1 is 1.21 bits per heavy atom. The van der Waals surface area contributed by atoms with Crippen LogP contribution < -0.4 is 14.8 Å². The van der Waals surface area contributed by atoms with Crippen LogP contribution in [0, 0.1) is 5.92 Å². The first kappa shape index (κ1) is 25.3. The van der Waals surface area contributed by atoms with E-state index in [4.69, 9.17) is 25.8 Å². The zero-order chi connectivity index (χ0) is 24.0. The molecule has 180 valence electrons. The van der Waals surface area contributed by atoms with Crippen LogP contribution in [0.3, 0.4) is 0 Å². The number of morpholine rings is 1. The topological polar surface area (TPSA) is 94.2 Å². The second-order valence-corrected chi connectivity index (χ2v) is 10.4. The van der Waals surface area contributed by atoms with Crippen LogP contribution in [-0.4, -0.2) is 58.7 Å². The number of rotatable bonds is 9. The molecule has 0 unspecified atom stereocenters. The van der Waals surface area contributed by atoms with Gasteiger partial charge in [0.05, 0.1) is 36.8 Å². The number of hydrogen-bond acceptors (Lipinski definition) is 6. The number of ether oxygens (including phenoxy) is 3. The minimum atomic E-state index is -3.68. The Hall–Kier alpha value is -2.33. The van der Waals surface area contributed by atoms with E-state index < -0.39 is 15.9 Å². The van der Waals surface area contributed by atoms with Crippen LogP contribution in [-0.2, 0) is 14.8 Å². The number of amides is 1. The molecule has 10 heteroatoms. The summed E-state index contributed by atoms with van der Waals surface area (Å²) < 4.78 is 43.5. The van der Waals surface area contributed by atoms with Gasteiger partial charge in [0.25, 0.3) is 5.91 Å². The molecule has 0 atom stereocenters. The maximum Gasteiger partial charge on any atom is 0.255 e. The van der Waals surface area contributed by atoms with E-state index >= 15 is 0 Å². The maximum atomic E-state index is 12.9. The lowest BCUT2D eigenvalue weighted by Gasteiger charge is -2.26. The van der Waals surface area contributed by atoms with Crippen LogP contribution in [0.25, 0.3) is 0 Å². The molecular weight excluding hydrogens is 468 g/mol. The fourth-order valence-corrected chi connectivity index (χ4v) is 4.98. The Bertz CT molecular complexity index is 1080. The lowest BCUT2D eigenvalue weighted by atomic mass is 10.1. The van der Waals surface area contributed by atoms with Crippen LogP contribution in [0.15, 0.2) is 41.3 Å². The zero-order valence-corrected chi connectivity index (χ0v) is 20.5. The Kier molecular flexibility index (Phi) is 8.58. The van der Waals surface area contributed by atoms with Gasteiger partial charge in [0.1, 0.15) is 0 Å². The van der Waals surface area contributed by atoms with Crippen molar-refractivity contribution in [3.63, 3.8) is 0 Å². The molecule has 2 aromatic rings. The van der Waals surface area contributed by atoms with Gasteiger partial charge in [0.15, 0.2) is 11.5 Å². The Balaban J connectivity index is 1.77. The van der Waals surface area contributed by atoms with Gasteiger partial charge in [-0.2, -0.15) is 4.31 Å². The molecule has 0 bridgehead atoms. The molecule has 1 fully saturated rings. The van der Waals surface area contributed by atoms with Crippen molar-refractivity contribution in [2.75, 3.05) is 45.3 Å². The second-order valence-electron chi connectivity index (χ2n) is 8.02. The summed E-state index contributed by atoms with van der Waals surface area (Å²) in [5.41, 5.74) is 0.608. The highest BCUT2D eigenvalue weighted by Gasteiger charge is 2.26. The van der Waals surface area contributed by atoms with Crippen LogP contribution in [0.4, 0.5) is 5.69 Å². The third-order valence-electron chi connectivity index (χ3n) is 5.13. The fraction of sp³-hybridized carbons (Fsp3) is 0.435. The summed E-state index contributed by atoms with van der Waals surface area (Å²) in [6, 6.07) is 9.19. The van der Waals surface area contributed by atoms with Gasteiger partial charge in [-0.15, -0.1) is 0 Å². The highest BCUT2D eigenvalue weighted by Crippen LogP contribution is 2.37. The van der Waals surface area contributed by atoms with Crippen molar-refractivity contribution in [1.82, 2.24) is 4.31 Å². The lowest BCUT2D eigenvalue weighted by Crippen LogP contribution is -2.40. The summed E-state index contributed by atoms with van der Waals surface area (Å²) in [5.74, 6) is 0.752. The van der Waals surface area contributed by atoms with Gasteiger partial charge >= 0.3 is 0 Å². The van der Waals surface area contributed by atoms with Crippen molar-refractivity contribution in [3.05, 3.63) is 47.0 Å². The summed E-state index contributed by atoms with van der Waals surface area (Å²) in [7, 11) is -2.20. The number of carbonyl (C=O) groups excluding carboxylic acids is 1. The van der Waals surface area contributed by atoms with Gasteiger partial charge in [0.2, 0.25) is 10.0 Å². The van der Waals surface area contributed by atoms with Crippen molar-refractivity contribution in [2.45, 2.75) is 25.2 Å². The molecule has 0 aromatic heterocycles. The number of carbonyl (C=O) groups is 1. The minimum Gasteiger partial charge on any atom is -0.493 e. The summed E-state index contributed by atoms with van der Waals surface area (Å²) in [6.45, 7) is 5.97. The molecule has 1 saturated heterocycles. The molecule has 3 rings (SSSR count). The van der Waals surface area contributed by atoms with Gasteiger partial charge in [-0.25, -0.2) is 8.42 Å². The second kappa shape index (κ2) is 11.2. The van der Waals surface area contributed by atoms with Crippen LogP contribution in [0.2, 0.25) is 5.02 Å². The first-order valence-electron chi connectivity index (χ1n) is 10.7. The number of benzene rings is 2. The number of hydrogen-bond donors (Lipinski definition) is 1. The summed E-state index contributed by atoms with van der Waals surface area (Å²) in [5, 5.41) is 2.98. The molecule has 1 aliphatic heterocycles. The molecule has 1 N–H and O–H groups in total. The van der Waals surface area contributed by atoms with Crippen molar-refractivity contribution in [2.24, 2.45) is 5.92 Å². The summed E-state index contributed by atoms with van der Waals surface area (Å²) in [4.78, 5) is 13.0. The van der Waals surface area contributed by atoms with E-state index in [-0.39, 0.29) is 15.5 Å². The van der Waals surface area contributed by atoms with Gasteiger partial charge in [-0.1, -0.05) is 31.5 Å². The third kappa shape index (κ3) is 6.38. The quantitative estimate of drug-likeness (QED) is 0.563. The maximum absolute atomic E-state index is 12.9. The smallest absolute Gasteiger partial charge is 0.255 e. The first-order valence-corrected chi connectivity index (χ1v) is 12.5. The largest absolute Gasteiger partial charge is 0.493 e. The average Bonchev–Trinajstić information content (AvgIpc) is 2.80. The lowest BCUT2D eigenvalue weighted by molar-refractivity contribution is 0.0730. The van der Waals surface area contributed by atoms with Crippen LogP contribution >= 0.6 is 11.6 Å². The Morgan fingerprint density at radius 3 is 2.61 bits per heavy atom. The molecule has 33 heavy (non-hydrogen) atoms. The summed E-state index contributed by atoms with van der Waals surface area (Å²) in [6.07, 6.45) is 0.853. The van der Waals surface area contributed by atoms with E-state index in [1.807, 2.05) is 0 Å². The number of anilines is 1. The van der Waals surface area contributed by atoms with E-state index in [1.165, 1.54) is 29.6 Å². The number of nitrogens with zero attached hydrogens (tertiary/aromatic N) is 1. The van der Waals surface area contributed by atoms with Crippen molar-refractivity contribution < 1.29 is 27.4 Å². The van der Waals surface area contributed by atoms with Gasteiger partial charge in [-0.05, 0) is 42.7 Å². The Labute approximate surface area is 199 Å². The van der Waals surface area contributed by atoms with Crippen molar-refractivity contribution >= 4 is 33.2 Å². The highest BCUT2D eigenvalue weighted by molar-refractivity contribution is 7.89. The molecule has 0 spiro atoms. The molecule has 1 amide bonds. The molecular formula is C23H29ClN2O6S. The molecule has 2 aromatic carbocycles. The first-order chi connectivity index (χ1) is 15.7. The normalized spacial score (nSPS) is 14.8. The van der Waals surface area contributed by atoms with Gasteiger partial charge in [0, 0.05) is 24.3 Å². The van der Waals surface area contributed by atoms with Crippen molar-refractivity contribution in [3.8, 4) is 11.5 Å². The molecule has 0 saturated carbocycles. The summed E-state index contributed by atoms with van der Waals surface area (Å²) >= 11 is 6.37. The van der Waals surface area contributed by atoms with Gasteiger partial charge < -0.3 is 19.5 Å². The fourth-order valence-electron chi connectivity index (χ4n) is 3.26. The van der Waals surface area contributed by atoms with Crippen molar-refractivity contribution in [1.29, 1.82) is 0 Å². The Morgan fingerprint density at radius 2 is 1.94 bits per heavy atom. The van der Waals surface area contributed by atoms with E-state index in [2.05, 4.69) is 19.2 Å². The molecule has 1 heterocycles. The van der Waals surface area contributed by atoms with Crippen LogP contribution in [0.5, 0.6) is 11.5 Å². The monoisotopic (exact) mass is 496 g/mol. The number of sulfonamides is 1. The number of halogens is 1. The average molecular weight is 497 g/mol. The number of nitrogens with one attached hydrogen (secondary N) is 1. The van der Waals surface area contributed by atoms with Gasteiger partial charge in [-0.3, -0.25) is 4.79 Å². The van der Waals surface area contributed by atoms with E-state index in [0.29, 0.717) is 56.0 Å². The molecule has 1 aliphatic rings. The standard InChI is InChI=1S/C23H29ClN2O6S/c1-16(2)7-10-32-22-20(24)13-17(14-21(22)30-3)23(27)25-18-5-4-6-19(15-18)33(28,29)26-8-11-31-12-9-26/h4-6,13-16H,7-12H2,1-3H3,(H,25,27). The minimum absolute atomic E-state index is 0.103. The van der Waals surface area contributed by atoms with E-state index in [9.17, 15) is 13.2 Å². The van der Waals surface area contributed by atoms with E-state index in [1.54, 1.807) is 18.2 Å². The van der Waals surface area contributed by atoms with E-state index in [0.717, 1.165) is 6.42 Å². The number of methoxy groups -OCH3 is 1.